The Labute approximate surface area is 201 Å². The van der Waals surface area contributed by atoms with Crippen LogP contribution in [0, 0.1) is 0 Å². The summed E-state index contributed by atoms with van der Waals surface area (Å²) in [4.78, 5) is 42.4. The molecular weight excluding hydrogens is 448 g/mol. The molecule has 0 saturated carbocycles. The van der Waals surface area contributed by atoms with Gasteiger partial charge < -0.3 is 28.8 Å². The molecule has 0 spiro atoms. The van der Waals surface area contributed by atoms with Gasteiger partial charge in [0.25, 0.3) is 0 Å². The molecule has 0 aromatic rings. The Morgan fingerprint density at radius 2 is 1.12 bits per heavy atom. The van der Waals surface area contributed by atoms with Gasteiger partial charge in [-0.1, -0.05) is 32.9 Å². The van der Waals surface area contributed by atoms with Crippen LogP contribution >= 0.6 is 0 Å². The molecule has 0 radical (unpaired) electrons. The van der Waals surface area contributed by atoms with Gasteiger partial charge in [-0.2, -0.15) is 0 Å². The number of hydrogen-bond acceptors (Lipinski definition) is 9. The lowest BCUT2D eigenvalue weighted by Gasteiger charge is -2.14. The summed E-state index contributed by atoms with van der Waals surface area (Å²) in [5.74, 6) is -2.32. The summed E-state index contributed by atoms with van der Waals surface area (Å²) in [6, 6.07) is 0. The Hall–Kier alpha value is -3.66. The van der Waals surface area contributed by atoms with E-state index in [1.165, 1.54) is 13.2 Å². The van der Waals surface area contributed by atoms with Crippen molar-refractivity contribution in [1.29, 1.82) is 0 Å². The summed E-state index contributed by atoms with van der Waals surface area (Å²) < 4.78 is 24.1. The van der Waals surface area contributed by atoms with Crippen molar-refractivity contribution in [2.24, 2.45) is 0 Å². The minimum atomic E-state index is -0.935. The van der Waals surface area contributed by atoms with Crippen molar-refractivity contribution in [2.75, 3.05) is 26.4 Å². The SMILES string of the molecule is C=C(C)C(=O)O.C=C(C)C(=O)OCCOC(C)OC(=O)C(=C)C.C=COCCOC(=O)C(=C)C. The zero-order valence-electron chi connectivity index (χ0n) is 20.6. The smallest absolute Gasteiger partial charge is 0.335 e. The van der Waals surface area contributed by atoms with E-state index in [1.54, 1.807) is 27.7 Å². The molecule has 34 heavy (non-hydrogen) atoms. The lowest BCUT2D eigenvalue weighted by molar-refractivity contribution is -0.174. The number of carboxylic acid groups (broad SMARTS) is 1. The second-order valence-corrected chi connectivity index (χ2v) is 6.58. The van der Waals surface area contributed by atoms with Crippen LogP contribution in [0.5, 0.6) is 0 Å². The number of carbonyl (C=O) groups is 4. The highest BCUT2D eigenvalue weighted by atomic mass is 16.7. The molecule has 1 N–H and O–H groups in total. The predicted molar refractivity (Wildman–Crippen MR) is 126 cm³/mol. The third-order valence-corrected chi connectivity index (χ3v) is 2.90. The Kier molecular flexibility index (Phi) is 21.8. The van der Waals surface area contributed by atoms with Crippen molar-refractivity contribution < 1.29 is 48.0 Å². The molecule has 0 aliphatic carbocycles. The predicted octanol–water partition coefficient (Wildman–Crippen LogP) is 3.50. The molecule has 10 nitrogen and oxygen atoms in total. The maximum atomic E-state index is 11.1. The van der Waals surface area contributed by atoms with E-state index >= 15 is 0 Å². The Morgan fingerprint density at radius 1 is 0.735 bits per heavy atom. The number of rotatable bonds is 13. The summed E-state index contributed by atoms with van der Waals surface area (Å²) in [7, 11) is 0. The van der Waals surface area contributed by atoms with Crippen molar-refractivity contribution in [3.63, 3.8) is 0 Å². The molecule has 10 heteroatoms. The minimum Gasteiger partial charge on any atom is -0.498 e. The molecule has 0 bridgehead atoms. The van der Waals surface area contributed by atoms with Crippen molar-refractivity contribution in [2.45, 2.75) is 40.9 Å². The summed E-state index contributed by atoms with van der Waals surface area (Å²) in [5.41, 5.74) is 1.19. The van der Waals surface area contributed by atoms with Gasteiger partial charge in [-0.05, 0) is 34.6 Å². The van der Waals surface area contributed by atoms with Gasteiger partial charge in [0, 0.05) is 22.3 Å². The summed E-state index contributed by atoms with van der Waals surface area (Å²) in [6.45, 7) is 25.3. The summed E-state index contributed by atoms with van der Waals surface area (Å²) >= 11 is 0. The van der Waals surface area contributed by atoms with Crippen molar-refractivity contribution >= 4 is 23.9 Å². The number of ether oxygens (including phenoxy) is 5. The molecule has 0 rings (SSSR count). The first-order valence-electron chi connectivity index (χ1n) is 9.91. The molecule has 0 fully saturated rings. The second-order valence-electron chi connectivity index (χ2n) is 6.58. The van der Waals surface area contributed by atoms with Crippen LogP contribution in [0.4, 0.5) is 0 Å². The van der Waals surface area contributed by atoms with Crippen molar-refractivity contribution in [1.82, 2.24) is 0 Å². The van der Waals surface area contributed by atoms with Gasteiger partial charge in [-0.15, -0.1) is 0 Å². The monoisotopic (exact) mass is 484 g/mol. The second kappa shape index (κ2) is 21.2. The van der Waals surface area contributed by atoms with Crippen LogP contribution in [0.2, 0.25) is 0 Å². The molecule has 0 aliphatic heterocycles. The third kappa shape index (κ3) is 24.6. The van der Waals surface area contributed by atoms with Gasteiger partial charge in [0.15, 0.2) is 0 Å². The molecule has 0 aromatic heterocycles. The first-order chi connectivity index (χ1) is 15.7. The van der Waals surface area contributed by atoms with Crippen LogP contribution < -0.4 is 0 Å². The topological polar surface area (TPSA) is 135 Å². The number of carbonyl (C=O) groups excluding carboxylic acids is 3. The molecular formula is C24H36O10. The van der Waals surface area contributed by atoms with E-state index in [0.29, 0.717) is 23.3 Å². The molecule has 0 saturated heterocycles. The van der Waals surface area contributed by atoms with E-state index in [2.05, 4.69) is 32.9 Å². The lowest BCUT2D eigenvalue weighted by atomic mass is 10.4. The van der Waals surface area contributed by atoms with Gasteiger partial charge in [-0.3, -0.25) is 0 Å². The van der Waals surface area contributed by atoms with E-state index in [1.807, 2.05) is 0 Å². The Morgan fingerprint density at radius 3 is 1.44 bits per heavy atom. The summed E-state index contributed by atoms with van der Waals surface area (Å²) in [6.07, 6.45) is 0.594. The van der Waals surface area contributed by atoms with Gasteiger partial charge in [0.2, 0.25) is 6.29 Å². The highest BCUT2D eigenvalue weighted by Gasteiger charge is 2.10. The Bertz CT molecular complexity index is 737. The maximum Gasteiger partial charge on any atom is 0.335 e. The van der Waals surface area contributed by atoms with E-state index in [0.717, 1.165) is 0 Å². The molecule has 0 aromatic carbocycles. The molecule has 192 valence electrons. The third-order valence-electron chi connectivity index (χ3n) is 2.90. The first-order valence-corrected chi connectivity index (χ1v) is 9.91. The molecule has 1 atom stereocenters. The standard InChI is InChI=1S/C12H18O5.C8H12O3.C4H6O2/c1-8(2)11(13)16-7-6-15-10(5)17-12(14)9(3)4;1-4-10-5-6-11-8(9)7(2)3;1-3(2)4(5)6/h10H,1,3,6-7H2,2,4-5H3;4H,1-2,5-6H2,3H3;1H2,2H3,(H,5,6). The molecule has 0 aliphatic rings. The fraction of sp³-hybridized carbons (Fsp3) is 0.417. The van der Waals surface area contributed by atoms with E-state index in [4.69, 9.17) is 28.8 Å². The average Bonchev–Trinajstić information content (AvgIpc) is 2.74. The fourth-order valence-electron chi connectivity index (χ4n) is 1.15. The van der Waals surface area contributed by atoms with E-state index in [9.17, 15) is 19.2 Å². The van der Waals surface area contributed by atoms with Gasteiger partial charge in [0.1, 0.15) is 19.8 Å². The van der Waals surface area contributed by atoms with Gasteiger partial charge >= 0.3 is 23.9 Å². The highest BCUT2D eigenvalue weighted by molar-refractivity contribution is 5.87. The average molecular weight is 485 g/mol. The van der Waals surface area contributed by atoms with Crippen LogP contribution in [-0.4, -0.2) is 61.7 Å². The van der Waals surface area contributed by atoms with Crippen LogP contribution in [0.25, 0.3) is 0 Å². The zero-order valence-corrected chi connectivity index (χ0v) is 20.6. The Balaban J connectivity index is -0.000000482. The number of carboxylic acids is 1. The van der Waals surface area contributed by atoms with Crippen LogP contribution in [0.1, 0.15) is 34.6 Å². The highest BCUT2D eigenvalue weighted by Crippen LogP contribution is 2.00. The van der Waals surface area contributed by atoms with Gasteiger partial charge in [-0.25, -0.2) is 19.2 Å². The number of hydrogen-bond donors (Lipinski definition) is 1. The zero-order chi connectivity index (χ0) is 27.3. The number of aliphatic carboxylic acids is 1. The largest absolute Gasteiger partial charge is 0.498 e. The quantitative estimate of drug-likeness (QED) is 0.103. The molecule has 0 amide bonds. The van der Waals surface area contributed by atoms with Crippen LogP contribution in [0.15, 0.2) is 61.4 Å². The van der Waals surface area contributed by atoms with Crippen molar-refractivity contribution in [3.8, 4) is 0 Å². The normalized spacial score (nSPS) is 9.79. The van der Waals surface area contributed by atoms with E-state index in [-0.39, 0.29) is 25.4 Å². The van der Waals surface area contributed by atoms with Crippen molar-refractivity contribution in [3.05, 3.63) is 61.4 Å². The summed E-state index contributed by atoms with van der Waals surface area (Å²) in [5, 5.41) is 7.89. The lowest BCUT2D eigenvalue weighted by Crippen LogP contribution is -2.21. The fourth-order valence-corrected chi connectivity index (χ4v) is 1.15. The van der Waals surface area contributed by atoms with Crippen LogP contribution in [0.3, 0.4) is 0 Å². The first kappa shape index (κ1) is 34.9. The molecule has 1 unspecified atom stereocenters. The number of esters is 3. The van der Waals surface area contributed by atoms with Gasteiger partial charge in [0.05, 0.1) is 12.9 Å². The maximum absolute atomic E-state index is 11.1. The minimum absolute atomic E-state index is 0.0840. The van der Waals surface area contributed by atoms with E-state index < -0.39 is 30.2 Å². The molecule has 0 heterocycles. The van der Waals surface area contributed by atoms with Crippen LogP contribution in [-0.2, 0) is 42.9 Å².